The van der Waals surface area contributed by atoms with E-state index in [1.165, 1.54) is 6.92 Å². The number of thiazole rings is 1. The first-order valence-electron chi connectivity index (χ1n) is 10.3. The maximum absolute atomic E-state index is 12.2. The number of rotatable bonds is 7. The zero-order valence-corrected chi connectivity index (χ0v) is 17.8. The molecule has 1 fully saturated rings. The summed E-state index contributed by atoms with van der Waals surface area (Å²) >= 11 is 1.55. The van der Waals surface area contributed by atoms with E-state index in [2.05, 4.69) is 25.8 Å². The first kappa shape index (κ1) is 20.5. The largest absolute Gasteiger partial charge is 0.350 e. The molecular formula is C20H26N6O3S. The van der Waals surface area contributed by atoms with Gasteiger partial charge in [0.15, 0.2) is 10.8 Å². The number of hydrogen-bond donors (Lipinski definition) is 2. The molecule has 2 N–H and O–H groups in total. The molecule has 0 aliphatic heterocycles. The van der Waals surface area contributed by atoms with E-state index in [-0.39, 0.29) is 18.2 Å². The van der Waals surface area contributed by atoms with Crippen LogP contribution in [0.2, 0.25) is 0 Å². The lowest BCUT2D eigenvalue weighted by Gasteiger charge is -2.30. The van der Waals surface area contributed by atoms with Crippen LogP contribution in [0.25, 0.3) is 4.96 Å². The van der Waals surface area contributed by atoms with E-state index in [9.17, 15) is 9.59 Å². The van der Waals surface area contributed by atoms with Gasteiger partial charge in [-0.05, 0) is 12.8 Å². The van der Waals surface area contributed by atoms with Gasteiger partial charge in [0, 0.05) is 37.5 Å². The molecule has 0 atom stereocenters. The van der Waals surface area contributed by atoms with Crippen LogP contribution in [-0.4, -0.2) is 31.3 Å². The van der Waals surface area contributed by atoms with Gasteiger partial charge in [0.25, 0.3) is 0 Å². The van der Waals surface area contributed by atoms with Crippen molar-refractivity contribution in [1.29, 1.82) is 0 Å². The molecule has 1 saturated carbocycles. The minimum atomic E-state index is -0.569. The fourth-order valence-electron chi connectivity index (χ4n) is 3.98. The Morgan fingerprint density at radius 2 is 2.03 bits per heavy atom. The van der Waals surface area contributed by atoms with Crippen molar-refractivity contribution >= 4 is 28.1 Å². The highest BCUT2D eigenvalue weighted by Crippen LogP contribution is 2.34. The Morgan fingerprint density at radius 1 is 1.23 bits per heavy atom. The van der Waals surface area contributed by atoms with Crippen molar-refractivity contribution in [2.45, 2.75) is 70.4 Å². The van der Waals surface area contributed by atoms with Gasteiger partial charge >= 0.3 is 0 Å². The van der Waals surface area contributed by atoms with Crippen LogP contribution in [0.5, 0.6) is 0 Å². The number of hydrogen-bond acceptors (Lipinski definition) is 7. The van der Waals surface area contributed by atoms with Crippen LogP contribution in [-0.2, 0) is 28.1 Å². The average molecular weight is 431 g/mol. The predicted octanol–water partition coefficient (Wildman–Crippen LogP) is 2.71. The number of imidazole rings is 1. The van der Waals surface area contributed by atoms with Crippen molar-refractivity contribution in [1.82, 2.24) is 30.2 Å². The quantitative estimate of drug-likeness (QED) is 0.557. The van der Waals surface area contributed by atoms with Gasteiger partial charge in [-0.1, -0.05) is 30.8 Å². The molecule has 0 unspecified atom stereocenters. The van der Waals surface area contributed by atoms with E-state index in [0.717, 1.165) is 49.2 Å². The molecule has 0 aromatic carbocycles. The summed E-state index contributed by atoms with van der Waals surface area (Å²) in [6.07, 6.45) is 10.4. The Morgan fingerprint density at radius 3 is 2.77 bits per heavy atom. The summed E-state index contributed by atoms with van der Waals surface area (Å²) in [6, 6.07) is 0. The Bertz CT molecular complexity index is 986. The van der Waals surface area contributed by atoms with E-state index < -0.39 is 5.54 Å². The van der Waals surface area contributed by atoms with Crippen LogP contribution < -0.4 is 10.6 Å². The number of carbonyl (C=O) groups is 2. The van der Waals surface area contributed by atoms with Crippen molar-refractivity contribution < 1.29 is 14.1 Å². The summed E-state index contributed by atoms with van der Waals surface area (Å²) < 4.78 is 7.34. The van der Waals surface area contributed by atoms with E-state index in [0.29, 0.717) is 24.7 Å². The van der Waals surface area contributed by atoms with Gasteiger partial charge in [-0.25, -0.2) is 4.98 Å². The first-order chi connectivity index (χ1) is 14.5. The standard InChI is InChI=1S/C20H26N6O3S/c1-14(27)24-20(8-4-2-3-5-9-20)18-23-17(29-25-18)7-6-16(28)21-12-15-13-26-10-11-30-19(26)22-15/h10-11,13H,2-9,12H2,1H3,(H,21,28)(H,24,27). The van der Waals surface area contributed by atoms with Gasteiger partial charge < -0.3 is 15.2 Å². The lowest BCUT2D eigenvalue weighted by atomic mass is 9.89. The van der Waals surface area contributed by atoms with Crippen LogP contribution in [0.4, 0.5) is 0 Å². The minimum absolute atomic E-state index is 0.0956. The number of fused-ring (bicyclic) bond motifs is 1. The molecule has 160 valence electrons. The molecule has 0 radical (unpaired) electrons. The molecule has 10 heteroatoms. The molecular weight excluding hydrogens is 404 g/mol. The van der Waals surface area contributed by atoms with E-state index >= 15 is 0 Å². The number of nitrogens with one attached hydrogen (secondary N) is 2. The van der Waals surface area contributed by atoms with Crippen LogP contribution in [0, 0.1) is 0 Å². The van der Waals surface area contributed by atoms with Gasteiger partial charge in [0.2, 0.25) is 17.7 Å². The second-order valence-electron chi connectivity index (χ2n) is 7.79. The average Bonchev–Trinajstić information content (AvgIpc) is 3.39. The minimum Gasteiger partial charge on any atom is -0.350 e. The highest BCUT2D eigenvalue weighted by molar-refractivity contribution is 7.15. The summed E-state index contributed by atoms with van der Waals surface area (Å²) in [6.45, 7) is 1.90. The Labute approximate surface area is 178 Å². The molecule has 1 aliphatic carbocycles. The van der Waals surface area contributed by atoms with Crippen molar-refractivity contribution in [3.8, 4) is 0 Å². The third-order valence-corrected chi connectivity index (χ3v) is 6.22. The second kappa shape index (κ2) is 8.95. The zero-order valence-electron chi connectivity index (χ0n) is 17.0. The van der Waals surface area contributed by atoms with Gasteiger partial charge in [-0.15, -0.1) is 11.3 Å². The number of nitrogens with zero attached hydrogens (tertiary/aromatic N) is 4. The van der Waals surface area contributed by atoms with Crippen LogP contribution >= 0.6 is 11.3 Å². The summed E-state index contributed by atoms with van der Waals surface area (Å²) in [5.74, 6) is 0.739. The normalized spacial score (nSPS) is 16.3. The number of amides is 2. The molecule has 0 spiro atoms. The second-order valence-corrected chi connectivity index (χ2v) is 8.66. The molecule has 0 saturated heterocycles. The number of aryl methyl sites for hydroxylation is 1. The fourth-order valence-corrected chi connectivity index (χ4v) is 4.70. The maximum atomic E-state index is 12.2. The molecule has 3 heterocycles. The lowest BCUT2D eigenvalue weighted by molar-refractivity contribution is -0.122. The lowest BCUT2D eigenvalue weighted by Crippen LogP contribution is -2.45. The third-order valence-electron chi connectivity index (χ3n) is 5.44. The van der Waals surface area contributed by atoms with Gasteiger partial charge in [0.1, 0.15) is 5.54 Å². The van der Waals surface area contributed by atoms with Crippen LogP contribution in [0.15, 0.2) is 22.3 Å². The van der Waals surface area contributed by atoms with Gasteiger partial charge in [-0.3, -0.25) is 14.0 Å². The number of carbonyl (C=O) groups excluding carboxylic acids is 2. The fraction of sp³-hybridized carbons (Fsp3) is 0.550. The van der Waals surface area contributed by atoms with E-state index in [1.807, 2.05) is 22.2 Å². The topological polar surface area (TPSA) is 114 Å². The molecule has 9 nitrogen and oxygen atoms in total. The van der Waals surface area contributed by atoms with Crippen LogP contribution in [0.3, 0.4) is 0 Å². The molecule has 3 aromatic rings. The third kappa shape index (κ3) is 4.69. The van der Waals surface area contributed by atoms with Gasteiger partial charge in [0.05, 0.1) is 12.2 Å². The predicted molar refractivity (Wildman–Crippen MR) is 111 cm³/mol. The zero-order chi connectivity index (χ0) is 21.0. The van der Waals surface area contributed by atoms with Gasteiger partial charge in [-0.2, -0.15) is 4.98 Å². The monoisotopic (exact) mass is 430 g/mol. The smallest absolute Gasteiger partial charge is 0.227 e. The summed E-state index contributed by atoms with van der Waals surface area (Å²) in [5, 5.41) is 12.1. The van der Waals surface area contributed by atoms with Crippen LogP contribution in [0.1, 0.15) is 69.3 Å². The SMILES string of the molecule is CC(=O)NC1(c2noc(CCC(=O)NCc3cn4ccsc4n3)n2)CCCCCC1. The Kier molecular flexibility index (Phi) is 6.12. The molecule has 2 amide bonds. The Balaban J connectivity index is 1.33. The highest BCUT2D eigenvalue weighted by Gasteiger charge is 2.38. The molecule has 1 aliphatic rings. The first-order valence-corrected chi connectivity index (χ1v) is 11.2. The van der Waals surface area contributed by atoms with Crippen molar-refractivity contribution in [2.75, 3.05) is 0 Å². The Hall–Kier alpha value is -2.75. The molecule has 4 rings (SSSR count). The highest BCUT2D eigenvalue weighted by atomic mass is 32.1. The van der Waals surface area contributed by atoms with E-state index in [4.69, 9.17) is 4.52 Å². The van der Waals surface area contributed by atoms with Crippen molar-refractivity contribution in [3.05, 3.63) is 35.2 Å². The summed E-state index contributed by atoms with van der Waals surface area (Å²) in [5.41, 5.74) is 0.251. The molecule has 30 heavy (non-hydrogen) atoms. The summed E-state index contributed by atoms with van der Waals surface area (Å²) in [4.78, 5) is 33.9. The maximum Gasteiger partial charge on any atom is 0.227 e. The van der Waals surface area contributed by atoms with Crippen molar-refractivity contribution in [2.24, 2.45) is 0 Å². The molecule has 3 aromatic heterocycles. The van der Waals surface area contributed by atoms with Crippen molar-refractivity contribution in [3.63, 3.8) is 0 Å². The summed E-state index contributed by atoms with van der Waals surface area (Å²) in [7, 11) is 0. The van der Waals surface area contributed by atoms with E-state index in [1.54, 1.807) is 11.3 Å². The molecule has 0 bridgehead atoms. The number of aromatic nitrogens is 4.